The summed E-state index contributed by atoms with van der Waals surface area (Å²) in [6, 6.07) is 0. The van der Waals surface area contributed by atoms with E-state index in [-0.39, 0.29) is 11.5 Å². The number of hydrogen-bond acceptors (Lipinski definition) is 5. The van der Waals surface area contributed by atoms with Crippen LogP contribution in [0.25, 0.3) is 0 Å². The second-order valence-corrected chi connectivity index (χ2v) is 6.40. The SMILES string of the molecule is C[C@@]1(CNC(=O)c2nccnc2C2CCNCC2)CCCO1. The molecule has 1 amide bonds. The quantitative estimate of drug-likeness (QED) is 0.875. The highest BCUT2D eigenvalue weighted by molar-refractivity contribution is 5.93. The van der Waals surface area contributed by atoms with E-state index in [1.54, 1.807) is 12.4 Å². The fourth-order valence-corrected chi connectivity index (χ4v) is 3.25. The van der Waals surface area contributed by atoms with Gasteiger partial charge in [0.1, 0.15) is 5.69 Å². The largest absolute Gasteiger partial charge is 0.373 e. The van der Waals surface area contributed by atoms with Crippen LogP contribution in [0.5, 0.6) is 0 Å². The lowest BCUT2D eigenvalue weighted by Gasteiger charge is -2.25. The van der Waals surface area contributed by atoms with Gasteiger partial charge in [0.15, 0.2) is 0 Å². The predicted octanol–water partition coefficient (Wildman–Crippen LogP) is 1.24. The van der Waals surface area contributed by atoms with E-state index >= 15 is 0 Å². The highest BCUT2D eigenvalue weighted by atomic mass is 16.5. The van der Waals surface area contributed by atoms with Gasteiger partial charge in [0.25, 0.3) is 5.91 Å². The van der Waals surface area contributed by atoms with Crippen LogP contribution in [-0.4, -0.2) is 47.7 Å². The summed E-state index contributed by atoms with van der Waals surface area (Å²) in [5.41, 5.74) is 1.06. The molecule has 0 radical (unpaired) electrons. The number of piperidine rings is 1. The first-order valence-electron chi connectivity index (χ1n) is 8.12. The summed E-state index contributed by atoms with van der Waals surface area (Å²) >= 11 is 0. The first kappa shape index (κ1) is 15.4. The predicted molar refractivity (Wildman–Crippen MR) is 82.8 cm³/mol. The fourth-order valence-electron chi connectivity index (χ4n) is 3.25. The number of nitrogens with one attached hydrogen (secondary N) is 2. The Bertz CT molecular complexity index is 523. The normalized spacial score (nSPS) is 26.0. The summed E-state index contributed by atoms with van der Waals surface area (Å²) in [6.07, 6.45) is 7.30. The van der Waals surface area contributed by atoms with Crippen LogP contribution in [0.4, 0.5) is 0 Å². The van der Waals surface area contributed by atoms with Crippen LogP contribution in [0, 0.1) is 0 Å². The summed E-state index contributed by atoms with van der Waals surface area (Å²) in [5, 5.41) is 6.31. The van der Waals surface area contributed by atoms with E-state index in [9.17, 15) is 4.79 Å². The number of rotatable bonds is 4. The molecule has 0 aromatic carbocycles. The fraction of sp³-hybridized carbons (Fsp3) is 0.688. The summed E-state index contributed by atoms with van der Waals surface area (Å²) in [6.45, 7) is 5.28. The van der Waals surface area contributed by atoms with Crippen molar-refractivity contribution in [3.63, 3.8) is 0 Å². The zero-order chi connectivity index (χ0) is 15.4. The Labute approximate surface area is 131 Å². The molecule has 2 aliphatic heterocycles. The molecule has 0 aliphatic carbocycles. The Morgan fingerprint density at radius 3 is 2.91 bits per heavy atom. The summed E-state index contributed by atoms with van der Waals surface area (Å²) < 4.78 is 5.71. The van der Waals surface area contributed by atoms with Crippen molar-refractivity contribution >= 4 is 5.91 Å². The molecule has 1 aromatic heterocycles. The molecule has 0 spiro atoms. The number of nitrogens with zero attached hydrogens (tertiary/aromatic N) is 2. The van der Waals surface area contributed by atoms with E-state index in [4.69, 9.17) is 4.74 Å². The Morgan fingerprint density at radius 1 is 1.41 bits per heavy atom. The number of amides is 1. The van der Waals surface area contributed by atoms with Crippen molar-refractivity contribution in [3.05, 3.63) is 23.8 Å². The van der Waals surface area contributed by atoms with Crippen LogP contribution in [0.15, 0.2) is 12.4 Å². The Hall–Kier alpha value is -1.53. The van der Waals surface area contributed by atoms with E-state index < -0.39 is 0 Å². The van der Waals surface area contributed by atoms with Crippen molar-refractivity contribution in [3.8, 4) is 0 Å². The van der Waals surface area contributed by atoms with Crippen LogP contribution < -0.4 is 10.6 Å². The number of carbonyl (C=O) groups excluding carboxylic acids is 1. The molecule has 3 rings (SSSR count). The smallest absolute Gasteiger partial charge is 0.271 e. The molecule has 2 aliphatic rings. The lowest BCUT2D eigenvalue weighted by atomic mass is 9.92. The minimum Gasteiger partial charge on any atom is -0.373 e. The molecule has 6 heteroatoms. The Balaban J connectivity index is 1.69. The van der Waals surface area contributed by atoms with Crippen LogP contribution in [-0.2, 0) is 4.74 Å². The molecule has 0 unspecified atom stereocenters. The van der Waals surface area contributed by atoms with Gasteiger partial charge in [0, 0.05) is 31.5 Å². The van der Waals surface area contributed by atoms with Gasteiger partial charge in [-0.3, -0.25) is 9.78 Å². The van der Waals surface area contributed by atoms with E-state index in [0.717, 1.165) is 51.1 Å². The zero-order valence-electron chi connectivity index (χ0n) is 13.1. The Morgan fingerprint density at radius 2 is 2.18 bits per heavy atom. The van der Waals surface area contributed by atoms with Crippen molar-refractivity contribution in [1.82, 2.24) is 20.6 Å². The highest BCUT2D eigenvalue weighted by Crippen LogP contribution is 2.26. The average molecular weight is 304 g/mol. The molecule has 6 nitrogen and oxygen atoms in total. The maximum absolute atomic E-state index is 12.5. The third-order valence-corrected chi connectivity index (χ3v) is 4.59. The van der Waals surface area contributed by atoms with Gasteiger partial charge in [-0.1, -0.05) is 0 Å². The molecule has 1 atom stereocenters. The molecule has 2 fully saturated rings. The van der Waals surface area contributed by atoms with Crippen molar-refractivity contribution < 1.29 is 9.53 Å². The number of hydrogen-bond donors (Lipinski definition) is 2. The summed E-state index contributed by atoms with van der Waals surface area (Å²) in [5.74, 6) is 0.173. The molecule has 3 heterocycles. The second-order valence-electron chi connectivity index (χ2n) is 6.40. The summed E-state index contributed by atoms with van der Waals surface area (Å²) in [4.78, 5) is 21.2. The first-order valence-corrected chi connectivity index (χ1v) is 8.12. The van der Waals surface area contributed by atoms with Gasteiger partial charge >= 0.3 is 0 Å². The summed E-state index contributed by atoms with van der Waals surface area (Å²) in [7, 11) is 0. The van der Waals surface area contributed by atoms with Gasteiger partial charge in [0.05, 0.1) is 11.3 Å². The van der Waals surface area contributed by atoms with Gasteiger partial charge in [0.2, 0.25) is 0 Å². The van der Waals surface area contributed by atoms with Crippen molar-refractivity contribution in [2.45, 2.75) is 44.1 Å². The number of carbonyl (C=O) groups is 1. The van der Waals surface area contributed by atoms with Crippen LogP contribution in [0.1, 0.15) is 54.7 Å². The lowest BCUT2D eigenvalue weighted by Crippen LogP contribution is -2.41. The molecular formula is C16H24N4O2. The van der Waals surface area contributed by atoms with E-state index in [1.165, 1.54) is 0 Å². The molecule has 1 aromatic rings. The van der Waals surface area contributed by atoms with E-state index in [2.05, 4.69) is 20.6 Å². The molecule has 0 saturated carbocycles. The van der Waals surface area contributed by atoms with Crippen LogP contribution in [0.3, 0.4) is 0 Å². The maximum atomic E-state index is 12.5. The molecule has 22 heavy (non-hydrogen) atoms. The number of aromatic nitrogens is 2. The van der Waals surface area contributed by atoms with Gasteiger partial charge in [-0.2, -0.15) is 0 Å². The van der Waals surface area contributed by atoms with Crippen LogP contribution in [0.2, 0.25) is 0 Å². The zero-order valence-corrected chi connectivity index (χ0v) is 13.1. The Kier molecular flexibility index (Phi) is 4.69. The molecule has 0 bridgehead atoms. The van der Waals surface area contributed by atoms with Gasteiger partial charge in [-0.05, 0) is 45.7 Å². The second kappa shape index (κ2) is 6.71. The van der Waals surface area contributed by atoms with Crippen molar-refractivity contribution in [1.29, 1.82) is 0 Å². The molecule has 2 N–H and O–H groups in total. The highest BCUT2D eigenvalue weighted by Gasteiger charge is 2.31. The van der Waals surface area contributed by atoms with Crippen molar-refractivity contribution in [2.24, 2.45) is 0 Å². The molecule has 120 valence electrons. The van der Waals surface area contributed by atoms with Gasteiger partial charge < -0.3 is 15.4 Å². The standard InChI is InChI=1S/C16H24N4O2/c1-16(5-2-10-22-16)11-20-15(21)14-13(18-8-9-19-14)12-3-6-17-7-4-12/h8-9,12,17H,2-7,10-11H2,1H3,(H,20,21)/t16-/m0/s1. The van der Waals surface area contributed by atoms with Gasteiger partial charge in [-0.15, -0.1) is 0 Å². The minimum absolute atomic E-state index is 0.140. The monoisotopic (exact) mass is 304 g/mol. The average Bonchev–Trinajstić information content (AvgIpc) is 3.01. The molecule has 2 saturated heterocycles. The minimum atomic E-state index is -0.243. The topological polar surface area (TPSA) is 76.1 Å². The molecular weight excluding hydrogens is 280 g/mol. The van der Waals surface area contributed by atoms with E-state index in [0.29, 0.717) is 18.2 Å². The third-order valence-electron chi connectivity index (χ3n) is 4.59. The number of ether oxygens (including phenoxy) is 1. The van der Waals surface area contributed by atoms with E-state index in [1.807, 2.05) is 6.92 Å². The van der Waals surface area contributed by atoms with Crippen LogP contribution >= 0.6 is 0 Å². The maximum Gasteiger partial charge on any atom is 0.271 e. The first-order chi connectivity index (χ1) is 10.7. The van der Waals surface area contributed by atoms with Crippen molar-refractivity contribution in [2.75, 3.05) is 26.2 Å². The van der Waals surface area contributed by atoms with Gasteiger partial charge in [-0.25, -0.2) is 4.98 Å². The third kappa shape index (κ3) is 3.44. The lowest BCUT2D eigenvalue weighted by molar-refractivity contribution is 0.0205.